The van der Waals surface area contributed by atoms with E-state index in [2.05, 4.69) is 21.8 Å². The van der Waals surface area contributed by atoms with Crippen LogP contribution in [0.5, 0.6) is 0 Å². The first-order valence-corrected chi connectivity index (χ1v) is 10.3. The minimum absolute atomic E-state index is 0.0963. The van der Waals surface area contributed by atoms with Crippen LogP contribution in [0.3, 0.4) is 0 Å². The van der Waals surface area contributed by atoms with Crippen molar-refractivity contribution >= 4 is 5.91 Å². The highest BCUT2D eigenvalue weighted by Crippen LogP contribution is 2.25. The van der Waals surface area contributed by atoms with Crippen LogP contribution in [0.15, 0.2) is 24.4 Å². The molecule has 0 radical (unpaired) electrons. The van der Waals surface area contributed by atoms with Crippen LogP contribution in [0, 0.1) is 5.92 Å². The number of piperidine rings is 2. The zero-order chi connectivity index (χ0) is 19.1. The molecular formula is C21H34N4O2. The Hall–Kier alpha value is -1.50. The van der Waals surface area contributed by atoms with Gasteiger partial charge >= 0.3 is 0 Å². The highest BCUT2D eigenvalue weighted by atomic mass is 16.5. The maximum atomic E-state index is 13.3. The van der Waals surface area contributed by atoms with Crippen molar-refractivity contribution in [3.8, 4) is 0 Å². The van der Waals surface area contributed by atoms with Crippen molar-refractivity contribution in [2.45, 2.75) is 38.3 Å². The third-order valence-corrected chi connectivity index (χ3v) is 5.96. The summed E-state index contributed by atoms with van der Waals surface area (Å²) in [4.78, 5) is 24.6. The standard InChI is InChI=1S/C21H34N4O2/c1-23-12-8-20(9-13-23)24-11-5-6-18(16-24)21(26)25(14-15-27-2)17-19-7-3-4-10-22-19/h3-4,7,10,18,20H,5-6,8-9,11-17H2,1-2H3/t18-/m0/s1. The molecule has 1 amide bonds. The van der Waals surface area contributed by atoms with Crippen molar-refractivity contribution in [1.29, 1.82) is 0 Å². The molecule has 1 aromatic rings. The summed E-state index contributed by atoms with van der Waals surface area (Å²) in [5.74, 6) is 0.356. The first-order chi connectivity index (χ1) is 13.2. The summed E-state index contributed by atoms with van der Waals surface area (Å²) in [6, 6.07) is 6.51. The van der Waals surface area contributed by atoms with Gasteiger partial charge in [-0.25, -0.2) is 0 Å². The van der Waals surface area contributed by atoms with Crippen molar-refractivity contribution in [3.63, 3.8) is 0 Å². The number of ether oxygens (including phenoxy) is 1. The van der Waals surface area contributed by atoms with E-state index in [1.165, 1.54) is 25.9 Å². The number of hydrogen-bond acceptors (Lipinski definition) is 5. The van der Waals surface area contributed by atoms with E-state index in [1.807, 2.05) is 23.1 Å². The highest BCUT2D eigenvalue weighted by Gasteiger charge is 2.33. The molecule has 1 atom stereocenters. The predicted molar refractivity (Wildman–Crippen MR) is 106 cm³/mol. The highest BCUT2D eigenvalue weighted by molar-refractivity contribution is 5.79. The van der Waals surface area contributed by atoms with Crippen molar-refractivity contribution in [1.82, 2.24) is 19.7 Å². The number of carbonyl (C=O) groups is 1. The predicted octanol–water partition coefficient (Wildman–Crippen LogP) is 1.86. The van der Waals surface area contributed by atoms with Gasteiger partial charge in [0.2, 0.25) is 5.91 Å². The van der Waals surface area contributed by atoms with Gasteiger partial charge in [-0.15, -0.1) is 0 Å². The third kappa shape index (κ3) is 5.74. The number of hydrogen-bond donors (Lipinski definition) is 0. The number of carbonyl (C=O) groups excluding carboxylic acids is 1. The number of methoxy groups -OCH3 is 1. The van der Waals surface area contributed by atoms with Crippen LogP contribution < -0.4 is 0 Å². The van der Waals surface area contributed by atoms with Crippen molar-refractivity contribution in [3.05, 3.63) is 30.1 Å². The largest absolute Gasteiger partial charge is 0.383 e. The zero-order valence-corrected chi connectivity index (χ0v) is 16.8. The molecular weight excluding hydrogens is 340 g/mol. The van der Waals surface area contributed by atoms with E-state index in [0.29, 0.717) is 25.7 Å². The molecule has 2 fully saturated rings. The van der Waals surface area contributed by atoms with Crippen LogP contribution in [0.25, 0.3) is 0 Å². The normalized spacial score (nSPS) is 22.7. The summed E-state index contributed by atoms with van der Waals surface area (Å²) in [5, 5.41) is 0. The van der Waals surface area contributed by atoms with Gasteiger partial charge in [0.05, 0.1) is 24.8 Å². The molecule has 0 spiro atoms. The molecule has 6 nitrogen and oxygen atoms in total. The summed E-state index contributed by atoms with van der Waals surface area (Å²) >= 11 is 0. The number of pyridine rings is 1. The summed E-state index contributed by atoms with van der Waals surface area (Å²) < 4.78 is 5.24. The third-order valence-electron chi connectivity index (χ3n) is 5.96. The summed E-state index contributed by atoms with van der Waals surface area (Å²) in [7, 11) is 3.88. The molecule has 3 heterocycles. The minimum Gasteiger partial charge on any atom is -0.383 e. The molecule has 0 aliphatic carbocycles. The van der Waals surface area contributed by atoms with Crippen molar-refractivity contribution < 1.29 is 9.53 Å². The van der Waals surface area contributed by atoms with Crippen LogP contribution >= 0.6 is 0 Å². The first-order valence-electron chi connectivity index (χ1n) is 10.3. The number of nitrogens with zero attached hydrogens (tertiary/aromatic N) is 4. The Morgan fingerprint density at radius 3 is 2.78 bits per heavy atom. The molecule has 0 N–H and O–H groups in total. The summed E-state index contributed by atoms with van der Waals surface area (Å²) in [6.07, 6.45) is 6.34. The summed E-state index contributed by atoms with van der Waals surface area (Å²) in [6.45, 7) is 6.11. The van der Waals surface area contributed by atoms with E-state index >= 15 is 0 Å². The van der Waals surface area contributed by atoms with Gasteiger partial charge in [0.15, 0.2) is 0 Å². The summed E-state index contributed by atoms with van der Waals surface area (Å²) in [5.41, 5.74) is 0.935. The van der Waals surface area contributed by atoms with Gasteiger partial charge in [0.1, 0.15) is 0 Å². The average molecular weight is 375 g/mol. The molecule has 2 aliphatic rings. The maximum Gasteiger partial charge on any atom is 0.227 e. The average Bonchev–Trinajstić information content (AvgIpc) is 2.72. The fourth-order valence-electron chi connectivity index (χ4n) is 4.31. The second-order valence-corrected chi connectivity index (χ2v) is 7.94. The van der Waals surface area contributed by atoms with Crippen LogP contribution in [0.4, 0.5) is 0 Å². The smallest absolute Gasteiger partial charge is 0.227 e. The number of rotatable bonds is 7. The number of aromatic nitrogens is 1. The SMILES string of the molecule is COCCN(Cc1ccccn1)C(=O)[C@H]1CCCN(C2CCN(C)CC2)C1. The molecule has 0 aromatic carbocycles. The number of likely N-dealkylation sites (tertiary alicyclic amines) is 2. The van der Waals surface area contributed by atoms with Crippen LogP contribution in [0.2, 0.25) is 0 Å². The van der Waals surface area contributed by atoms with Gasteiger partial charge in [0.25, 0.3) is 0 Å². The Balaban J connectivity index is 1.61. The molecule has 150 valence electrons. The second kappa shape index (κ2) is 10.2. The van der Waals surface area contributed by atoms with E-state index in [9.17, 15) is 4.79 Å². The lowest BCUT2D eigenvalue weighted by atomic mass is 9.93. The lowest BCUT2D eigenvalue weighted by molar-refractivity contribution is -0.139. The molecule has 27 heavy (non-hydrogen) atoms. The molecule has 6 heteroatoms. The van der Waals surface area contributed by atoms with Crippen molar-refractivity contribution in [2.75, 3.05) is 53.5 Å². The quantitative estimate of drug-likeness (QED) is 0.729. The van der Waals surface area contributed by atoms with Gasteiger partial charge in [-0.3, -0.25) is 14.7 Å². The van der Waals surface area contributed by atoms with Crippen molar-refractivity contribution in [2.24, 2.45) is 5.92 Å². The molecule has 2 aliphatic heterocycles. The van der Waals surface area contributed by atoms with Crippen LogP contribution in [0.1, 0.15) is 31.4 Å². The van der Waals surface area contributed by atoms with Crippen LogP contribution in [-0.2, 0) is 16.1 Å². The lowest BCUT2D eigenvalue weighted by Crippen LogP contribution is -2.51. The minimum atomic E-state index is 0.0963. The van der Waals surface area contributed by atoms with E-state index in [4.69, 9.17) is 4.74 Å². The Labute approximate surface area is 163 Å². The molecule has 1 aromatic heterocycles. The molecule has 3 rings (SSSR count). The van der Waals surface area contributed by atoms with E-state index in [1.54, 1.807) is 13.3 Å². The second-order valence-electron chi connectivity index (χ2n) is 7.94. The van der Waals surface area contributed by atoms with E-state index in [-0.39, 0.29) is 11.8 Å². The molecule has 0 saturated carbocycles. The molecule has 0 unspecified atom stereocenters. The fraction of sp³-hybridized carbons (Fsp3) is 0.714. The van der Waals surface area contributed by atoms with Crippen LogP contribution in [-0.4, -0.2) is 85.1 Å². The van der Waals surface area contributed by atoms with Gasteiger partial charge in [-0.05, 0) is 64.5 Å². The van der Waals surface area contributed by atoms with Gasteiger partial charge in [-0.1, -0.05) is 6.07 Å². The Morgan fingerprint density at radius 1 is 1.26 bits per heavy atom. The Bertz CT molecular complexity index is 575. The lowest BCUT2D eigenvalue weighted by Gasteiger charge is -2.42. The zero-order valence-electron chi connectivity index (χ0n) is 16.8. The van der Waals surface area contributed by atoms with E-state index < -0.39 is 0 Å². The Morgan fingerprint density at radius 2 is 2.07 bits per heavy atom. The fourth-order valence-corrected chi connectivity index (χ4v) is 4.31. The van der Waals surface area contributed by atoms with Gasteiger partial charge in [-0.2, -0.15) is 0 Å². The molecule has 2 saturated heterocycles. The monoisotopic (exact) mass is 374 g/mol. The Kier molecular flexibility index (Phi) is 7.61. The maximum absolute atomic E-state index is 13.3. The van der Waals surface area contributed by atoms with E-state index in [0.717, 1.165) is 31.6 Å². The van der Waals surface area contributed by atoms with Gasteiger partial charge < -0.3 is 14.5 Å². The van der Waals surface area contributed by atoms with Gasteiger partial charge in [0, 0.05) is 32.4 Å². The first kappa shape index (κ1) is 20.2. The number of amides is 1. The molecule has 0 bridgehead atoms. The topological polar surface area (TPSA) is 48.9 Å².